The lowest BCUT2D eigenvalue weighted by Crippen LogP contribution is -2.68. The fraction of sp³-hybridized carbons (Fsp3) is 0.407. The third-order valence-corrected chi connectivity index (χ3v) is 7.14. The molecule has 2 aromatic rings. The first-order valence-electron chi connectivity index (χ1n) is 11.7. The number of esters is 1. The van der Waals surface area contributed by atoms with Crippen molar-refractivity contribution in [3.63, 3.8) is 0 Å². The van der Waals surface area contributed by atoms with Crippen molar-refractivity contribution >= 4 is 18.0 Å². The second-order valence-corrected chi connectivity index (χ2v) is 9.33. The van der Waals surface area contributed by atoms with Crippen molar-refractivity contribution in [2.75, 3.05) is 19.6 Å². The molecule has 1 aliphatic heterocycles. The van der Waals surface area contributed by atoms with E-state index in [4.69, 9.17) is 9.15 Å². The quantitative estimate of drug-likeness (QED) is 0.368. The van der Waals surface area contributed by atoms with Gasteiger partial charge in [-0.25, -0.2) is 0 Å². The number of phenolic OH excluding ortho intramolecular Hbond substituents is 1. The van der Waals surface area contributed by atoms with Gasteiger partial charge in [-0.3, -0.25) is 14.5 Å². The lowest BCUT2D eigenvalue weighted by atomic mass is 9.55. The number of nitrogens with one attached hydrogen (secondary N) is 1. The molecule has 1 aliphatic carbocycles. The standard InChI is InChI=1S/C27H32N2O5/c1-3-13-29-14-12-26(22-5-4-6-24(31)16-22)17-23(9-11-27(26,19-29)34-20(2)30)28-25(32)8-7-21-10-15-33-18-21/h3-8,10,15-16,18,23,31H,1,9,11-14,17,19H2,2H3,(H,28,32)/b8-7+/t23-,26+,27+/m1/s1. The van der Waals surface area contributed by atoms with Crippen molar-refractivity contribution in [1.82, 2.24) is 10.2 Å². The minimum atomic E-state index is -0.762. The van der Waals surface area contributed by atoms with Gasteiger partial charge in [0.25, 0.3) is 0 Å². The van der Waals surface area contributed by atoms with Gasteiger partial charge in [0, 0.05) is 43.1 Å². The molecule has 1 aromatic heterocycles. The smallest absolute Gasteiger partial charge is 0.303 e. The largest absolute Gasteiger partial charge is 0.508 e. The van der Waals surface area contributed by atoms with Crippen LogP contribution in [0.4, 0.5) is 0 Å². The van der Waals surface area contributed by atoms with E-state index < -0.39 is 11.0 Å². The number of hydrogen-bond acceptors (Lipinski definition) is 6. The van der Waals surface area contributed by atoms with Gasteiger partial charge in [0.05, 0.1) is 12.5 Å². The Labute approximate surface area is 200 Å². The number of furan rings is 1. The van der Waals surface area contributed by atoms with E-state index in [1.54, 1.807) is 36.8 Å². The van der Waals surface area contributed by atoms with Crippen molar-refractivity contribution in [3.05, 3.63) is 72.7 Å². The van der Waals surface area contributed by atoms with Gasteiger partial charge in [0.15, 0.2) is 0 Å². The normalized spacial score (nSPS) is 27.1. The number of carbonyl (C=O) groups excluding carboxylic acids is 2. The van der Waals surface area contributed by atoms with Crippen LogP contribution >= 0.6 is 0 Å². The molecule has 2 heterocycles. The molecule has 1 saturated carbocycles. The Morgan fingerprint density at radius 1 is 1.35 bits per heavy atom. The van der Waals surface area contributed by atoms with E-state index in [0.29, 0.717) is 32.4 Å². The second-order valence-electron chi connectivity index (χ2n) is 9.33. The van der Waals surface area contributed by atoms with Gasteiger partial charge in [-0.05, 0) is 62.1 Å². The van der Waals surface area contributed by atoms with Crippen molar-refractivity contribution < 1.29 is 23.8 Å². The average Bonchev–Trinajstić information content (AvgIpc) is 3.31. The van der Waals surface area contributed by atoms with Crippen molar-refractivity contribution in [1.29, 1.82) is 0 Å². The van der Waals surface area contributed by atoms with Gasteiger partial charge in [0.1, 0.15) is 11.4 Å². The molecule has 0 bridgehead atoms. The fourth-order valence-corrected chi connectivity index (χ4v) is 5.74. The minimum Gasteiger partial charge on any atom is -0.508 e. The first kappa shape index (κ1) is 23.8. The highest BCUT2D eigenvalue weighted by atomic mass is 16.6. The maximum Gasteiger partial charge on any atom is 0.303 e. The Kier molecular flexibility index (Phi) is 6.93. The molecule has 3 atom stereocenters. The van der Waals surface area contributed by atoms with Crippen LogP contribution in [0.1, 0.15) is 43.7 Å². The van der Waals surface area contributed by atoms with E-state index in [1.807, 2.05) is 18.2 Å². The number of amides is 1. The Hall–Kier alpha value is -3.32. The molecule has 2 N–H and O–H groups in total. The molecule has 0 unspecified atom stereocenters. The molecule has 1 aromatic carbocycles. The number of nitrogens with zero attached hydrogens (tertiary/aromatic N) is 1. The second kappa shape index (κ2) is 9.89. The highest BCUT2D eigenvalue weighted by molar-refractivity contribution is 5.91. The van der Waals surface area contributed by atoms with E-state index in [-0.39, 0.29) is 23.7 Å². The predicted molar refractivity (Wildman–Crippen MR) is 129 cm³/mol. The molecule has 1 saturated heterocycles. The summed E-state index contributed by atoms with van der Waals surface area (Å²) >= 11 is 0. The van der Waals surface area contributed by atoms with Gasteiger partial charge in [-0.15, -0.1) is 6.58 Å². The first-order chi connectivity index (χ1) is 16.4. The third-order valence-electron chi connectivity index (χ3n) is 7.14. The van der Waals surface area contributed by atoms with Gasteiger partial charge in [-0.2, -0.15) is 0 Å². The van der Waals surface area contributed by atoms with Crippen molar-refractivity contribution in [2.45, 2.75) is 49.7 Å². The maximum atomic E-state index is 12.7. The lowest BCUT2D eigenvalue weighted by molar-refractivity contribution is -0.186. The molecule has 34 heavy (non-hydrogen) atoms. The maximum absolute atomic E-state index is 12.7. The van der Waals surface area contributed by atoms with Crippen LogP contribution < -0.4 is 5.32 Å². The van der Waals surface area contributed by atoms with Crippen molar-refractivity contribution in [3.8, 4) is 5.75 Å². The van der Waals surface area contributed by atoms with E-state index in [9.17, 15) is 14.7 Å². The summed E-state index contributed by atoms with van der Waals surface area (Å²) in [6, 6.07) is 8.91. The van der Waals surface area contributed by atoms with Crippen LogP contribution in [0.2, 0.25) is 0 Å². The third kappa shape index (κ3) is 4.80. The summed E-state index contributed by atoms with van der Waals surface area (Å²) in [5.41, 5.74) is 0.444. The number of fused-ring (bicyclic) bond motifs is 1. The Morgan fingerprint density at radius 3 is 2.91 bits per heavy atom. The van der Waals surface area contributed by atoms with Crippen LogP contribution in [0.5, 0.6) is 5.75 Å². The summed E-state index contributed by atoms with van der Waals surface area (Å²) in [6.45, 7) is 7.40. The Bertz CT molecular complexity index is 1060. The number of carbonyl (C=O) groups is 2. The van der Waals surface area contributed by atoms with Gasteiger partial charge in [-0.1, -0.05) is 18.2 Å². The summed E-state index contributed by atoms with van der Waals surface area (Å²) < 4.78 is 11.2. The zero-order chi connectivity index (χ0) is 24.2. The SMILES string of the molecule is C=CCN1CC[C@@]2(c3cccc(O)c3)C[C@H](NC(=O)/C=C/c3ccoc3)CC[C@]2(OC(C)=O)C1. The minimum absolute atomic E-state index is 0.0986. The van der Waals surface area contributed by atoms with Crippen LogP contribution in [0.3, 0.4) is 0 Å². The number of likely N-dealkylation sites (tertiary alicyclic amines) is 1. The summed E-state index contributed by atoms with van der Waals surface area (Å²) in [6.07, 6.45) is 10.8. The van der Waals surface area contributed by atoms with Crippen LogP contribution in [-0.4, -0.2) is 53.2 Å². The van der Waals surface area contributed by atoms with Gasteiger partial charge in [0.2, 0.25) is 5.91 Å². The highest BCUT2D eigenvalue weighted by Crippen LogP contribution is 2.54. The molecule has 180 valence electrons. The monoisotopic (exact) mass is 464 g/mol. The molecule has 4 rings (SSSR count). The molecule has 0 spiro atoms. The number of benzene rings is 1. The summed E-state index contributed by atoms with van der Waals surface area (Å²) in [7, 11) is 0. The topological polar surface area (TPSA) is 92.0 Å². The predicted octanol–water partition coefficient (Wildman–Crippen LogP) is 3.80. The number of phenols is 1. The summed E-state index contributed by atoms with van der Waals surface area (Å²) in [5, 5.41) is 13.4. The molecule has 7 nitrogen and oxygen atoms in total. The lowest BCUT2D eigenvalue weighted by Gasteiger charge is -2.59. The number of rotatable bonds is 7. The first-order valence-corrected chi connectivity index (χ1v) is 11.7. The average molecular weight is 465 g/mol. The number of ether oxygens (including phenoxy) is 1. The number of piperidine rings is 1. The van der Waals surface area contributed by atoms with E-state index in [1.165, 1.54) is 13.0 Å². The molecule has 1 amide bonds. The molecule has 0 radical (unpaired) electrons. The number of aromatic hydroxyl groups is 1. The summed E-state index contributed by atoms with van der Waals surface area (Å²) in [5.74, 6) is -0.330. The molecular formula is C27H32N2O5. The van der Waals surface area contributed by atoms with Crippen LogP contribution in [0, 0.1) is 0 Å². The fourth-order valence-electron chi connectivity index (χ4n) is 5.74. The van der Waals surface area contributed by atoms with Crippen LogP contribution in [-0.2, 0) is 19.7 Å². The van der Waals surface area contributed by atoms with Crippen LogP contribution in [0.25, 0.3) is 6.08 Å². The van der Waals surface area contributed by atoms with Crippen LogP contribution in [0.15, 0.2) is 66.0 Å². The van der Waals surface area contributed by atoms with E-state index in [2.05, 4.69) is 16.8 Å². The zero-order valence-corrected chi connectivity index (χ0v) is 19.5. The highest BCUT2D eigenvalue weighted by Gasteiger charge is 2.60. The zero-order valence-electron chi connectivity index (χ0n) is 19.5. The van der Waals surface area contributed by atoms with E-state index >= 15 is 0 Å². The number of hydrogen-bond donors (Lipinski definition) is 2. The van der Waals surface area contributed by atoms with Gasteiger partial charge >= 0.3 is 5.97 Å². The molecule has 7 heteroatoms. The van der Waals surface area contributed by atoms with Gasteiger partial charge < -0.3 is 19.6 Å². The molecule has 2 aliphatic rings. The van der Waals surface area contributed by atoms with Crippen molar-refractivity contribution in [2.24, 2.45) is 0 Å². The summed E-state index contributed by atoms with van der Waals surface area (Å²) in [4.78, 5) is 27.3. The Morgan fingerprint density at radius 2 is 2.21 bits per heavy atom. The van der Waals surface area contributed by atoms with E-state index in [0.717, 1.165) is 24.1 Å². The molecular weight excluding hydrogens is 432 g/mol. The Balaban J connectivity index is 1.65. The molecule has 2 fully saturated rings.